The Bertz CT molecular complexity index is 590. The van der Waals surface area contributed by atoms with E-state index in [4.69, 9.17) is 15.2 Å². The first-order valence-electron chi connectivity index (χ1n) is 5.60. The second kappa shape index (κ2) is 5.93. The Balaban J connectivity index is 2.16. The van der Waals surface area contributed by atoms with Gasteiger partial charge in [-0.2, -0.15) is 0 Å². The maximum absolute atomic E-state index is 13.5. The third kappa shape index (κ3) is 3.38. The number of ether oxygens (including phenoxy) is 2. The third-order valence-electron chi connectivity index (χ3n) is 2.59. The molecule has 2 aromatic rings. The normalized spacial score (nSPS) is 10.3. The van der Waals surface area contributed by atoms with Gasteiger partial charge >= 0.3 is 0 Å². The van der Waals surface area contributed by atoms with Crippen molar-refractivity contribution in [1.82, 2.24) is 0 Å². The highest BCUT2D eigenvalue weighted by Crippen LogP contribution is 2.26. The summed E-state index contributed by atoms with van der Waals surface area (Å²) in [6.07, 6.45) is 0. The molecule has 5 heteroatoms. The standard InChI is InChI=1S/C14H13BrFNO2/c1-18-13-7-11(17)4-2-9(13)8-19-14-6-10(15)3-5-12(14)16/h2-7H,8,17H2,1H3. The second-order valence-electron chi connectivity index (χ2n) is 3.93. The van der Waals surface area contributed by atoms with Gasteiger partial charge in [-0.15, -0.1) is 0 Å². The molecule has 0 aliphatic rings. The van der Waals surface area contributed by atoms with Crippen LogP contribution in [0.2, 0.25) is 0 Å². The summed E-state index contributed by atoms with van der Waals surface area (Å²) in [5, 5.41) is 0. The zero-order valence-electron chi connectivity index (χ0n) is 10.3. The van der Waals surface area contributed by atoms with Crippen molar-refractivity contribution in [2.75, 3.05) is 12.8 Å². The molecule has 2 N–H and O–H groups in total. The first-order valence-corrected chi connectivity index (χ1v) is 6.39. The summed E-state index contributed by atoms with van der Waals surface area (Å²) in [5.74, 6) is 0.404. The van der Waals surface area contributed by atoms with Gasteiger partial charge in [-0.25, -0.2) is 4.39 Å². The Hall–Kier alpha value is -1.75. The summed E-state index contributed by atoms with van der Waals surface area (Å²) in [7, 11) is 1.55. The smallest absolute Gasteiger partial charge is 0.165 e. The van der Waals surface area contributed by atoms with Gasteiger partial charge in [-0.3, -0.25) is 0 Å². The fourth-order valence-electron chi connectivity index (χ4n) is 1.62. The molecule has 100 valence electrons. The molecule has 0 spiro atoms. The maximum Gasteiger partial charge on any atom is 0.165 e. The Labute approximate surface area is 119 Å². The fourth-order valence-corrected chi connectivity index (χ4v) is 1.96. The van der Waals surface area contributed by atoms with Crippen LogP contribution in [0.25, 0.3) is 0 Å². The van der Waals surface area contributed by atoms with E-state index in [9.17, 15) is 4.39 Å². The van der Waals surface area contributed by atoms with Crippen LogP contribution in [0.3, 0.4) is 0 Å². The minimum Gasteiger partial charge on any atom is -0.496 e. The molecular formula is C14H13BrFNO2. The first kappa shape index (κ1) is 13.7. The van der Waals surface area contributed by atoms with Crippen LogP contribution in [-0.2, 0) is 6.61 Å². The second-order valence-corrected chi connectivity index (χ2v) is 4.85. The highest BCUT2D eigenvalue weighted by Gasteiger charge is 2.08. The van der Waals surface area contributed by atoms with E-state index in [0.717, 1.165) is 10.0 Å². The minimum atomic E-state index is -0.405. The molecule has 19 heavy (non-hydrogen) atoms. The molecule has 2 rings (SSSR count). The average molecular weight is 326 g/mol. The van der Waals surface area contributed by atoms with E-state index in [-0.39, 0.29) is 12.4 Å². The molecular weight excluding hydrogens is 313 g/mol. The summed E-state index contributed by atoms with van der Waals surface area (Å²) in [5.41, 5.74) is 7.07. The highest BCUT2D eigenvalue weighted by atomic mass is 79.9. The quantitative estimate of drug-likeness (QED) is 0.870. The summed E-state index contributed by atoms with van der Waals surface area (Å²) >= 11 is 3.27. The predicted octanol–water partition coefficient (Wildman–Crippen LogP) is 3.76. The van der Waals surface area contributed by atoms with Crippen molar-refractivity contribution < 1.29 is 13.9 Å². The molecule has 0 aromatic heterocycles. The van der Waals surface area contributed by atoms with Crippen LogP contribution in [0.4, 0.5) is 10.1 Å². The lowest BCUT2D eigenvalue weighted by molar-refractivity contribution is 0.282. The number of halogens is 2. The Morgan fingerprint density at radius 2 is 1.95 bits per heavy atom. The highest BCUT2D eigenvalue weighted by molar-refractivity contribution is 9.10. The van der Waals surface area contributed by atoms with Crippen LogP contribution in [0.15, 0.2) is 40.9 Å². The van der Waals surface area contributed by atoms with Crippen LogP contribution in [0, 0.1) is 5.82 Å². The maximum atomic E-state index is 13.5. The van der Waals surface area contributed by atoms with Crippen molar-refractivity contribution in [3.8, 4) is 11.5 Å². The topological polar surface area (TPSA) is 44.5 Å². The van der Waals surface area contributed by atoms with E-state index in [1.807, 2.05) is 0 Å². The fraction of sp³-hybridized carbons (Fsp3) is 0.143. The molecule has 0 aliphatic heterocycles. The lowest BCUT2D eigenvalue weighted by Crippen LogP contribution is -2.01. The third-order valence-corrected chi connectivity index (χ3v) is 3.08. The average Bonchev–Trinajstić information content (AvgIpc) is 2.40. The van der Waals surface area contributed by atoms with E-state index in [2.05, 4.69) is 15.9 Å². The number of anilines is 1. The lowest BCUT2D eigenvalue weighted by atomic mass is 10.2. The van der Waals surface area contributed by atoms with Gasteiger partial charge in [0.05, 0.1) is 7.11 Å². The van der Waals surface area contributed by atoms with Crippen molar-refractivity contribution >= 4 is 21.6 Å². The number of hydrogen-bond donors (Lipinski definition) is 1. The van der Waals surface area contributed by atoms with E-state index in [0.29, 0.717) is 11.4 Å². The van der Waals surface area contributed by atoms with Crippen molar-refractivity contribution in [2.45, 2.75) is 6.61 Å². The van der Waals surface area contributed by atoms with Crippen molar-refractivity contribution in [1.29, 1.82) is 0 Å². The SMILES string of the molecule is COc1cc(N)ccc1COc1cc(Br)ccc1F. The van der Waals surface area contributed by atoms with Crippen LogP contribution < -0.4 is 15.2 Å². The minimum absolute atomic E-state index is 0.188. The van der Waals surface area contributed by atoms with Crippen LogP contribution >= 0.6 is 15.9 Å². The van der Waals surface area contributed by atoms with Gasteiger partial charge in [0, 0.05) is 21.8 Å². The molecule has 0 saturated carbocycles. The Kier molecular flexibility index (Phi) is 4.27. The molecule has 0 fully saturated rings. The van der Waals surface area contributed by atoms with Gasteiger partial charge in [-0.1, -0.05) is 15.9 Å². The Morgan fingerprint density at radius 3 is 2.68 bits per heavy atom. The molecule has 0 amide bonds. The van der Waals surface area contributed by atoms with Crippen LogP contribution in [0.1, 0.15) is 5.56 Å². The largest absolute Gasteiger partial charge is 0.496 e. The summed E-state index contributed by atoms with van der Waals surface area (Å²) in [6.45, 7) is 0.205. The van der Waals surface area contributed by atoms with Crippen LogP contribution in [0.5, 0.6) is 11.5 Å². The monoisotopic (exact) mass is 325 g/mol. The van der Waals surface area contributed by atoms with E-state index < -0.39 is 5.82 Å². The molecule has 3 nitrogen and oxygen atoms in total. The van der Waals surface area contributed by atoms with Gasteiger partial charge in [0.2, 0.25) is 0 Å². The molecule has 0 heterocycles. The van der Waals surface area contributed by atoms with Gasteiger partial charge < -0.3 is 15.2 Å². The first-order chi connectivity index (χ1) is 9.10. The van der Waals surface area contributed by atoms with E-state index in [1.165, 1.54) is 6.07 Å². The molecule has 0 saturated heterocycles. The van der Waals surface area contributed by atoms with Crippen LogP contribution in [-0.4, -0.2) is 7.11 Å². The van der Waals surface area contributed by atoms with Crippen molar-refractivity contribution in [3.63, 3.8) is 0 Å². The number of methoxy groups -OCH3 is 1. The van der Waals surface area contributed by atoms with E-state index >= 15 is 0 Å². The van der Waals surface area contributed by atoms with Gasteiger partial charge in [-0.05, 0) is 30.3 Å². The number of benzene rings is 2. The van der Waals surface area contributed by atoms with Gasteiger partial charge in [0.25, 0.3) is 0 Å². The number of nitrogen functional groups attached to an aromatic ring is 1. The molecule has 2 aromatic carbocycles. The molecule has 0 unspecified atom stereocenters. The van der Waals surface area contributed by atoms with E-state index in [1.54, 1.807) is 37.4 Å². The number of hydrogen-bond acceptors (Lipinski definition) is 3. The molecule has 0 atom stereocenters. The Morgan fingerprint density at radius 1 is 1.16 bits per heavy atom. The van der Waals surface area contributed by atoms with Crippen molar-refractivity contribution in [2.24, 2.45) is 0 Å². The van der Waals surface area contributed by atoms with Gasteiger partial charge in [0.15, 0.2) is 11.6 Å². The molecule has 0 bridgehead atoms. The number of nitrogens with two attached hydrogens (primary N) is 1. The number of rotatable bonds is 4. The predicted molar refractivity (Wildman–Crippen MR) is 75.8 cm³/mol. The summed E-state index contributed by atoms with van der Waals surface area (Å²) in [4.78, 5) is 0. The van der Waals surface area contributed by atoms with Gasteiger partial charge in [0.1, 0.15) is 12.4 Å². The summed E-state index contributed by atoms with van der Waals surface area (Å²) in [6, 6.07) is 9.79. The molecule has 0 aliphatic carbocycles. The lowest BCUT2D eigenvalue weighted by Gasteiger charge is -2.11. The zero-order chi connectivity index (χ0) is 13.8. The summed E-state index contributed by atoms with van der Waals surface area (Å²) < 4.78 is 24.9. The molecule has 0 radical (unpaired) electrons. The van der Waals surface area contributed by atoms with Crippen molar-refractivity contribution in [3.05, 3.63) is 52.3 Å². The zero-order valence-corrected chi connectivity index (χ0v) is 11.9.